The Balaban J connectivity index is -0.000000954. The van der Waals surface area contributed by atoms with E-state index in [1.54, 1.807) is 18.5 Å². The van der Waals surface area contributed by atoms with Crippen LogP contribution in [0.25, 0.3) is 0 Å². The van der Waals surface area contributed by atoms with Crippen molar-refractivity contribution >= 4 is 15.1 Å². The summed E-state index contributed by atoms with van der Waals surface area (Å²) in [5.74, 6) is 0. The van der Waals surface area contributed by atoms with E-state index in [1.165, 1.54) is 321 Å². The third-order valence-corrected chi connectivity index (χ3v) is 21.0. The minimum atomic E-state index is -1.89. The molecule has 0 aromatic carbocycles. The number of rotatable bonds is 56. The van der Waals surface area contributed by atoms with E-state index in [4.69, 9.17) is 5.73 Å². The van der Waals surface area contributed by atoms with Crippen LogP contribution in [0, 0.1) is 0 Å². The Hall–Kier alpha value is 0.620. The van der Waals surface area contributed by atoms with E-state index in [0.29, 0.717) is 7.92 Å². The van der Waals surface area contributed by atoms with Crippen LogP contribution in [-0.4, -0.2) is 43.5 Å². The highest BCUT2D eigenvalue weighted by Gasteiger charge is 2.20. The molecule has 0 aliphatic heterocycles. The van der Waals surface area contributed by atoms with Crippen LogP contribution < -0.4 is 5.73 Å². The molecule has 414 valence electrons. The Labute approximate surface area is 436 Å². The third-order valence-electron chi connectivity index (χ3n) is 14.8. The van der Waals surface area contributed by atoms with Crippen LogP contribution in [-0.2, 0) is 4.57 Å². The Morgan fingerprint density at radius 2 is 0.397 bits per heavy atom. The Morgan fingerprint density at radius 1 is 0.235 bits per heavy atom. The third kappa shape index (κ3) is 66.6. The zero-order valence-corrected chi connectivity index (χ0v) is 51.0. The first-order valence-corrected chi connectivity index (χ1v) is 36.6. The molecule has 0 aromatic rings. The summed E-state index contributed by atoms with van der Waals surface area (Å²) >= 11 is 0. The molecule has 0 fully saturated rings. The second-order valence-electron chi connectivity index (χ2n) is 22.1. The van der Waals surface area contributed by atoms with Gasteiger partial charge in [0.1, 0.15) is 0 Å². The summed E-state index contributed by atoms with van der Waals surface area (Å²) in [4.78, 5) is 0. The molecule has 0 spiro atoms. The largest absolute Gasteiger partial charge is 0.330 e. The molecule has 0 saturated carbocycles. The maximum atomic E-state index is 13.5. The van der Waals surface area contributed by atoms with Crippen molar-refractivity contribution in [3.63, 3.8) is 0 Å². The quantitative estimate of drug-likeness (QED) is 0.0487. The number of nitrogens with two attached hydrogens (primary N) is 1. The summed E-state index contributed by atoms with van der Waals surface area (Å²) in [6, 6.07) is 0. The molecule has 4 heteroatoms. The molecule has 0 aromatic heterocycles. The predicted octanol–water partition coefficient (Wildman–Crippen LogP) is 24.4. The fourth-order valence-electron chi connectivity index (χ4n) is 9.90. The van der Waals surface area contributed by atoms with Gasteiger partial charge in [-0.3, -0.25) is 0 Å². The van der Waals surface area contributed by atoms with Crippen LogP contribution >= 0.6 is 15.1 Å². The first-order chi connectivity index (χ1) is 33.4. The maximum Gasteiger partial charge on any atom is 0.0877 e. The van der Waals surface area contributed by atoms with E-state index in [9.17, 15) is 4.57 Å². The van der Waals surface area contributed by atoms with Gasteiger partial charge in [0.05, 0.1) is 7.14 Å². The summed E-state index contributed by atoms with van der Waals surface area (Å²) in [6.07, 6.45) is 78.0. The van der Waals surface area contributed by atoms with E-state index in [0.717, 1.165) is 25.0 Å². The van der Waals surface area contributed by atoms with Crippen LogP contribution in [0.5, 0.6) is 0 Å². The van der Waals surface area contributed by atoms with Gasteiger partial charge in [-0.25, -0.2) is 0 Å². The molecule has 0 saturated heterocycles. The minimum absolute atomic E-state index is 0.366. The molecular weight excluding hydrogens is 861 g/mol. The predicted molar refractivity (Wildman–Crippen MR) is 323 cm³/mol. The summed E-state index contributed by atoms with van der Waals surface area (Å²) in [5, 5.41) is 0. The zero-order chi connectivity index (χ0) is 50.4. The van der Waals surface area contributed by atoms with Gasteiger partial charge in [-0.1, -0.05) is 325 Å². The Bertz CT molecular complexity index is 780. The summed E-state index contributed by atoms with van der Waals surface area (Å²) in [7, 11) is -1.52. The lowest BCUT2D eigenvalue weighted by Gasteiger charge is -2.18. The van der Waals surface area contributed by atoms with Crippen LogP contribution in [0.1, 0.15) is 370 Å². The number of unbranched alkanes of at least 4 members (excludes halogenated alkanes) is 43. The van der Waals surface area contributed by atoms with Crippen molar-refractivity contribution in [2.24, 2.45) is 5.73 Å². The minimum Gasteiger partial charge on any atom is -0.330 e. The monoisotopic (exact) mass is 998 g/mol. The summed E-state index contributed by atoms with van der Waals surface area (Å²) < 4.78 is 13.5. The van der Waals surface area contributed by atoms with Gasteiger partial charge < -0.3 is 10.3 Å². The molecule has 0 amide bonds. The lowest BCUT2D eigenvalue weighted by molar-refractivity contribution is 0.536. The molecule has 0 radical (unpaired) electrons. The SMILES string of the molecule is CCCCCCCCCCCCCCCCN.CCCCCCCCP(=O)(CCCCCCCC)CCCCCCCC.CCCCCCCCP(CCCCCCCC)CCCCCCCC. The average Bonchev–Trinajstić information content (AvgIpc) is 3.34. The van der Waals surface area contributed by atoms with Gasteiger partial charge in [-0.15, -0.1) is 7.92 Å². The smallest absolute Gasteiger partial charge is 0.0877 e. The topological polar surface area (TPSA) is 43.1 Å². The molecule has 0 heterocycles. The van der Waals surface area contributed by atoms with E-state index in [-0.39, 0.29) is 0 Å². The van der Waals surface area contributed by atoms with Gasteiger partial charge in [-0.2, -0.15) is 0 Å². The first-order valence-electron chi connectivity index (χ1n) is 32.4. The van der Waals surface area contributed by atoms with Crippen molar-refractivity contribution in [3.8, 4) is 0 Å². The molecule has 0 bridgehead atoms. The average molecular weight is 999 g/mol. The second kappa shape index (κ2) is 67.6. The lowest BCUT2D eigenvalue weighted by atomic mass is 10.0. The van der Waals surface area contributed by atoms with Crippen LogP contribution in [0.3, 0.4) is 0 Å². The fraction of sp³-hybridized carbons (Fsp3) is 1.00. The number of hydrogen-bond donors (Lipinski definition) is 1. The van der Waals surface area contributed by atoms with Crippen molar-refractivity contribution in [3.05, 3.63) is 0 Å². The highest BCUT2D eigenvalue weighted by molar-refractivity contribution is 7.63. The Morgan fingerprint density at radius 3 is 0.588 bits per heavy atom. The molecular formula is C64H137NOP2. The van der Waals surface area contributed by atoms with Gasteiger partial charge in [0.15, 0.2) is 0 Å². The van der Waals surface area contributed by atoms with E-state index in [2.05, 4.69) is 48.5 Å². The van der Waals surface area contributed by atoms with Crippen LogP contribution in [0.2, 0.25) is 0 Å². The van der Waals surface area contributed by atoms with E-state index >= 15 is 0 Å². The van der Waals surface area contributed by atoms with Crippen LogP contribution in [0.15, 0.2) is 0 Å². The molecule has 2 nitrogen and oxygen atoms in total. The van der Waals surface area contributed by atoms with Gasteiger partial charge >= 0.3 is 0 Å². The fourth-order valence-corrected chi connectivity index (χ4v) is 15.7. The maximum absolute atomic E-state index is 13.5. The van der Waals surface area contributed by atoms with Crippen molar-refractivity contribution in [1.29, 1.82) is 0 Å². The van der Waals surface area contributed by atoms with Gasteiger partial charge in [0.2, 0.25) is 0 Å². The van der Waals surface area contributed by atoms with Crippen molar-refractivity contribution < 1.29 is 4.57 Å². The van der Waals surface area contributed by atoms with E-state index < -0.39 is 7.14 Å². The van der Waals surface area contributed by atoms with E-state index in [1.807, 2.05) is 0 Å². The summed E-state index contributed by atoms with van der Waals surface area (Å²) in [6.45, 7) is 16.9. The van der Waals surface area contributed by atoms with Gasteiger partial charge in [-0.05, 0) is 70.0 Å². The molecule has 0 unspecified atom stereocenters. The van der Waals surface area contributed by atoms with Crippen LogP contribution in [0.4, 0.5) is 0 Å². The van der Waals surface area contributed by atoms with Crippen molar-refractivity contribution in [2.75, 3.05) is 43.5 Å². The van der Waals surface area contributed by atoms with Crippen molar-refractivity contribution in [1.82, 2.24) is 0 Å². The highest BCUT2D eigenvalue weighted by Crippen LogP contribution is 2.48. The standard InChI is InChI=1S/C24H51OP.C24H51P.C16H35N/c1-4-7-10-13-16-19-22-26(25,23-20-17-14-11-8-5-2)24-21-18-15-12-9-6-3;1-4-7-10-13-16-19-22-25(23-20-17-14-11-8-5-2)24-21-18-15-12-9-6-3;1-2-3-4-5-6-7-8-9-10-11-12-13-14-15-16-17/h4-24H2,1-3H3;4-24H2,1-3H3;2-17H2,1H3. The Kier molecular flexibility index (Phi) is 72.5. The first kappa shape index (κ1) is 72.9. The van der Waals surface area contributed by atoms with Crippen molar-refractivity contribution in [2.45, 2.75) is 370 Å². The number of hydrogen-bond acceptors (Lipinski definition) is 2. The lowest BCUT2D eigenvalue weighted by Crippen LogP contribution is -2.02. The molecule has 0 rings (SSSR count). The summed E-state index contributed by atoms with van der Waals surface area (Å²) in [5.41, 5.74) is 5.47. The molecule has 2 N–H and O–H groups in total. The molecule has 0 aliphatic rings. The molecule has 0 atom stereocenters. The molecule has 68 heavy (non-hydrogen) atoms. The highest BCUT2D eigenvalue weighted by atomic mass is 31.2. The molecule has 0 aliphatic carbocycles. The zero-order valence-electron chi connectivity index (χ0n) is 49.2. The second-order valence-corrected chi connectivity index (χ2v) is 28.2. The van der Waals surface area contributed by atoms with Gasteiger partial charge in [0, 0.05) is 18.5 Å². The van der Waals surface area contributed by atoms with Gasteiger partial charge in [0.25, 0.3) is 0 Å². The normalized spacial score (nSPS) is 11.5.